The Kier molecular flexibility index (Phi) is 5.28. The average molecular weight is 291 g/mol. The van der Waals surface area contributed by atoms with E-state index in [0.717, 1.165) is 25.0 Å². The fourth-order valence-electron chi connectivity index (χ4n) is 3.71. The predicted octanol–water partition coefficient (Wildman–Crippen LogP) is 3.47. The number of benzene rings is 1. The fraction of sp³-hybridized carbons (Fsp3) is 0.667. The molecule has 118 valence electrons. The Morgan fingerprint density at radius 1 is 1.38 bits per heavy atom. The molecule has 0 heterocycles. The summed E-state index contributed by atoms with van der Waals surface area (Å²) in [6.45, 7) is 4.40. The molecule has 1 saturated carbocycles. The summed E-state index contributed by atoms with van der Waals surface area (Å²) in [5.41, 5.74) is 8.81. The van der Waals surface area contributed by atoms with Gasteiger partial charge in [-0.1, -0.05) is 37.5 Å². The number of nitrogens with two attached hydrogens (primary N) is 1. The first kappa shape index (κ1) is 16.3. The lowest BCUT2D eigenvalue weighted by Gasteiger charge is -2.43. The quantitative estimate of drug-likeness (QED) is 0.903. The van der Waals surface area contributed by atoms with Crippen molar-refractivity contribution in [2.45, 2.75) is 57.6 Å². The van der Waals surface area contributed by atoms with Crippen LogP contribution in [0.15, 0.2) is 18.2 Å². The average Bonchev–Trinajstić information content (AvgIpc) is 2.47. The van der Waals surface area contributed by atoms with Crippen molar-refractivity contribution in [1.82, 2.24) is 0 Å². The second-order valence-electron chi connectivity index (χ2n) is 6.60. The molecule has 21 heavy (non-hydrogen) atoms. The second-order valence-corrected chi connectivity index (χ2v) is 6.60. The first-order chi connectivity index (χ1) is 10.0. The zero-order chi connectivity index (χ0) is 15.5. The molecule has 0 saturated heterocycles. The molecule has 0 spiro atoms. The summed E-state index contributed by atoms with van der Waals surface area (Å²) in [5.74, 6) is 1.61. The summed E-state index contributed by atoms with van der Waals surface area (Å²) in [6, 6.07) is 6.28. The first-order valence-electron chi connectivity index (χ1n) is 7.95. The minimum Gasteiger partial charge on any atom is -0.496 e. The van der Waals surface area contributed by atoms with Gasteiger partial charge in [-0.05, 0) is 43.7 Å². The molecule has 1 aliphatic carbocycles. The van der Waals surface area contributed by atoms with E-state index in [4.69, 9.17) is 15.2 Å². The molecular weight excluding hydrogens is 262 g/mol. The van der Waals surface area contributed by atoms with Gasteiger partial charge < -0.3 is 15.2 Å². The molecule has 1 aliphatic rings. The highest BCUT2D eigenvalue weighted by atomic mass is 16.5. The van der Waals surface area contributed by atoms with Crippen molar-refractivity contribution in [3.05, 3.63) is 29.3 Å². The summed E-state index contributed by atoms with van der Waals surface area (Å²) in [6.07, 6.45) is 5.40. The van der Waals surface area contributed by atoms with E-state index in [1.165, 1.54) is 24.0 Å². The topological polar surface area (TPSA) is 44.5 Å². The maximum atomic E-state index is 6.58. The minimum absolute atomic E-state index is 0.000880. The first-order valence-corrected chi connectivity index (χ1v) is 7.95. The number of hydrogen-bond acceptors (Lipinski definition) is 3. The van der Waals surface area contributed by atoms with Gasteiger partial charge in [0.2, 0.25) is 0 Å². The van der Waals surface area contributed by atoms with Crippen LogP contribution >= 0.6 is 0 Å². The highest BCUT2D eigenvalue weighted by Crippen LogP contribution is 2.38. The van der Waals surface area contributed by atoms with E-state index < -0.39 is 0 Å². The molecule has 0 amide bonds. The number of aryl methyl sites for hydroxylation is 1. The minimum atomic E-state index is -0.188. The molecule has 3 atom stereocenters. The Hall–Kier alpha value is -1.06. The number of rotatable bonds is 5. The number of ether oxygens (including phenoxy) is 2. The lowest BCUT2D eigenvalue weighted by Crippen LogP contribution is -2.53. The van der Waals surface area contributed by atoms with Crippen LogP contribution in [-0.2, 0) is 11.2 Å². The SMILES string of the molecule is COc1ccc(C)cc1CC(N)C1(OC)CCCC(C)C1. The Balaban J connectivity index is 2.19. The molecule has 2 N–H and O–H groups in total. The zero-order valence-electron chi connectivity index (χ0n) is 13.8. The van der Waals surface area contributed by atoms with Gasteiger partial charge in [0, 0.05) is 13.2 Å². The standard InChI is InChI=1S/C18H29NO2/c1-13-7-8-16(20-3)15(10-13)11-17(19)18(21-4)9-5-6-14(2)12-18/h7-8,10,14,17H,5-6,9,11-12,19H2,1-4H3. The van der Waals surface area contributed by atoms with Crippen molar-refractivity contribution >= 4 is 0 Å². The summed E-state index contributed by atoms with van der Waals surface area (Å²) in [7, 11) is 3.53. The summed E-state index contributed by atoms with van der Waals surface area (Å²) < 4.78 is 11.4. The number of hydrogen-bond donors (Lipinski definition) is 1. The lowest BCUT2D eigenvalue weighted by atomic mass is 9.73. The maximum absolute atomic E-state index is 6.58. The van der Waals surface area contributed by atoms with Crippen LogP contribution in [0.2, 0.25) is 0 Å². The van der Waals surface area contributed by atoms with Gasteiger partial charge in [0.15, 0.2) is 0 Å². The molecule has 0 radical (unpaired) electrons. The predicted molar refractivity (Wildman–Crippen MR) is 86.8 cm³/mol. The highest BCUT2D eigenvalue weighted by Gasteiger charge is 2.40. The van der Waals surface area contributed by atoms with Gasteiger partial charge in [0.05, 0.1) is 12.7 Å². The third-order valence-electron chi connectivity index (χ3n) is 4.95. The van der Waals surface area contributed by atoms with Crippen LogP contribution in [0.1, 0.15) is 43.7 Å². The highest BCUT2D eigenvalue weighted by molar-refractivity contribution is 5.37. The van der Waals surface area contributed by atoms with E-state index in [1.54, 1.807) is 7.11 Å². The summed E-state index contributed by atoms with van der Waals surface area (Å²) >= 11 is 0. The second kappa shape index (κ2) is 6.80. The zero-order valence-corrected chi connectivity index (χ0v) is 13.8. The van der Waals surface area contributed by atoms with E-state index in [1.807, 2.05) is 13.2 Å². The van der Waals surface area contributed by atoms with Crippen LogP contribution < -0.4 is 10.5 Å². The Morgan fingerprint density at radius 3 is 2.76 bits per heavy atom. The van der Waals surface area contributed by atoms with Crippen molar-refractivity contribution in [3.63, 3.8) is 0 Å². The largest absolute Gasteiger partial charge is 0.496 e. The smallest absolute Gasteiger partial charge is 0.122 e. The maximum Gasteiger partial charge on any atom is 0.122 e. The molecule has 1 aromatic rings. The Bertz CT molecular complexity index is 474. The van der Waals surface area contributed by atoms with Crippen LogP contribution in [0.5, 0.6) is 5.75 Å². The van der Waals surface area contributed by atoms with Crippen LogP contribution in [0.4, 0.5) is 0 Å². The van der Waals surface area contributed by atoms with E-state index in [9.17, 15) is 0 Å². The van der Waals surface area contributed by atoms with Gasteiger partial charge in [-0.15, -0.1) is 0 Å². The lowest BCUT2D eigenvalue weighted by molar-refractivity contribution is -0.0705. The molecular formula is C18H29NO2. The van der Waals surface area contributed by atoms with Crippen LogP contribution in [0, 0.1) is 12.8 Å². The van der Waals surface area contributed by atoms with Crippen molar-refractivity contribution in [1.29, 1.82) is 0 Å². The van der Waals surface area contributed by atoms with Gasteiger partial charge in [-0.2, -0.15) is 0 Å². The summed E-state index contributed by atoms with van der Waals surface area (Å²) in [5, 5.41) is 0. The Labute approximate surface area is 128 Å². The molecule has 1 aromatic carbocycles. The van der Waals surface area contributed by atoms with Crippen molar-refractivity contribution in [3.8, 4) is 5.75 Å². The molecule has 3 nitrogen and oxygen atoms in total. The van der Waals surface area contributed by atoms with Crippen LogP contribution in [0.3, 0.4) is 0 Å². The third-order valence-corrected chi connectivity index (χ3v) is 4.95. The normalized spacial score (nSPS) is 27.4. The van der Waals surface area contributed by atoms with Crippen LogP contribution in [-0.4, -0.2) is 25.9 Å². The monoisotopic (exact) mass is 291 g/mol. The van der Waals surface area contributed by atoms with Gasteiger partial charge in [-0.3, -0.25) is 0 Å². The van der Waals surface area contributed by atoms with Crippen molar-refractivity contribution in [2.24, 2.45) is 11.7 Å². The number of methoxy groups -OCH3 is 2. The van der Waals surface area contributed by atoms with E-state index in [-0.39, 0.29) is 11.6 Å². The third kappa shape index (κ3) is 3.58. The Morgan fingerprint density at radius 2 is 2.14 bits per heavy atom. The molecule has 0 aliphatic heterocycles. The van der Waals surface area contributed by atoms with Gasteiger partial charge in [0.25, 0.3) is 0 Å². The molecule has 2 rings (SSSR count). The molecule has 0 bridgehead atoms. The van der Waals surface area contributed by atoms with Gasteiger partial charge in [0.1, 0.15) is 5.75 Å². The van der Waals surface area contributed by atoms with E-state index >= 15 is 0 Å². The fourth-order valence-corrected chi connectivity index (χ4v) is 3.71. The molecule has 3 unspecified atom stereocenters. The van der Waals surface area contributed by atoms with Crippen molar-refractivity contribution in [2.75, 3.05) is 14.2 Å². The summed E-state index contributed by atoms with van der Waals surface area (Å²) in [4.78, 5) is 0. The molecule has 3 heteroatoms. The van der Waals surface area contributed by atoms with E-state index in [0.29, 0.717) is 5.92 Å². The van der Waals surface area contributed by atoms with Gasteiger partial charge >= 0.3 is 0 Å². The van der Waals surface area contributed by atoms with Crippen LogP contribution in [0.25, 0.3) is 0 Å². The molecule has 0 aromatic heterocycles. The van der Waals surface area contributed by atoms with Crippen molar-refractivity contribution < 1.29 is 9.47 Å². The van der Waals surface area contributed by atoms with E-state index in [2.05, 4.69) is 26.0 Å². The van der Waals surface area contributed by atoms with Gasteiger partial charge in [-0.25, -0.2) is 0 Å². The molecule has 1 fully saturated rings.